The number of carbonyl (C=O) groups excluding carboxylic acids is 1. The highest BCUT2D eigenvalue weighted by Crippen LogP contribution is 2.21. The minimum absolute atomic E-state index is 0.170. The van der Waals surface area contributed by atoms with Crippen molar-refractivity contribution in [3.05, 3.63) is 24.1 Å². The molecule has 0 spiro atoms. The third kappa shape index (κ3) is 3.08. The quantitative estimate of drug-likeness (QED) is 0.946. The van der Waals surface area contributed by atoms with E-state index in [1.807, 2.05) is 36.9 Å². The second kappa shape index (κ2) is 5.99. The Morgan fingerprint density at radius 2 is 2.14 bits per heavy atom. The van der Waals surface area contributed by atoms with Crippen LogP contribution in [0.25, 0.3) is 11.1 Å². The molecule has 5 heteroatoms. The van der Waals surface area contributed by atoms with Crippen LogP contribution in [-0.2, 0) is 4.79 Å². The number of nitrogens with one attached hydrogen (secondary N) is 1. The van der Waals surface area contributed by atoms with Crippen molar-refractivity contribution in [2.45, 2.75) is 39.7 Å². The topological polar surface area (TPSA) is 58.4 Å². The van der Waals surface area contributed by atoms with Gasteiger partial charge in [0.1, 0.15) is 11.6 Å². The highest BCUT2D eigenvalue weighted by Gasteiger charge is 2.24. The summed E-state index contributed by atoms with van der Waals surface area (Å²) in [6, 6.07) is 5.50. The summed E-state index contributed by atoms with van der Waals surface area (Å²) < 4.78 is 5.47. The number of oxazole rings is 1. The molecule has 1 aliphatic rings. The van der Waals surface area contributed by atoms with E-state index in [0.717, 1.165) is 48.6 Å². The van der Waals surface area contributed by atoms with Gasteiger partial charge in [0.15, 0.2) is 11.5 Å². The van der Waals surface area contributed by atoms with Crippen molar-refractivity contribution in [2.24, 2.45) is 5.92 Å². The predicted molar refractivity (Wildman–Crippen MR) is 86.8 cm³/mol. The lowest BCUT2D eigenvalue weighted by atomic mass is 9.99. The van der Waals surface area contributed by atoms with Crippen LogP contribution >= 0.6 is 0 Å². The summed E-state index contributed by atoms with van der Waals surface area (Å²) in [5.41, 5.74) is 2.48. The highest BCUT2D eigenvalue weighted by atomic mass is 16.3. The molecular formula is C17H23N3O2. The molecule has 2 heterocycles. The number of likely N-dealkylation sites (tertiary alicyclic amines) is 1. The lowest BCUT2D eigenvalue weighted by Crippen LogP contribution is -2.45. The molecular weight excluding hydrogens is 278 g/mol. The number of nitrogens with zero attached hydrogens (tertiary/aromatic N) is 2. The van der Waals surface area contributed by atoms with Crippen LogP contribution in [0.2, 0.25) is 0 Å². The van der Waals surface area contributed by atoms with Gasteiger partial charge in [-0.25, -0.2) is 4.98 Å². The summed E-state index contributed by atoms with van der Waals surface area (Å²) in [7, 11) is 0. The van der Waals surface area contributed by atoms with Crippen LogP contribution in [0.15, 0.2) is 22.6 Å². The van der Waals surface area contributed by atoms with Crippen LogP contribution in [0.3, 0.4) is 0 Å². The van der Waals surface area contributed by atoms with E-state index in [0.29, 0.717) is 5.89 Å². The Morgan fingerprint density at radius 3 is 2.86 bits per heavy atom. The Balaban J connectivity index is 1.66. The fourth-order valence-corrected chi connectivity index (χ4v) is 2.95. The largest absolute Gasteiger partial charge is 0.441 e. The summed E-state index contributed by atoms with van der Waals surface area (Å²) in [5.74, 6) is 1.55. The summed E-state index contributed by atoms with van der Waals surface area (Å²) in [6.45, 7) is 7.73. The first-order valence-electron chi connectivity index (χ1n) is 7.95. The van der Waals surface area contributed by atoms with Crippen LogP contribution in [0.4, 0.5) is 5.69 Å². The molecule has 118 valence electrons. The molecule has 5 nitrogen and oxygen atoms in total. The monoisotopic (exact) mass is 301 g/mol. The van der Waals surface area contributed by atoms with Crippen LogP contribution in [0.5, 0.6) is 0 Å². The first-order valence-corrected chi connectivity index (χ1v) is 7.95. The van der Waals surface area contributed by atoms with E-state index < -0.39 is 0 Å². The Bertz CT molecular complexity index is 672. The molecule has 1 N–H and O–H groups in total. The SMILES string of the molecule is Cc1nc2cc(N[C@@H](C)C(=O)N3CCC(C)CC3)ccc2o1. The van der Waals surface area contributed by atoms with Crippen molar-refractivity contribution in [1.29, 1.82) is 0 Å². The molecule has 0 bridgehead atoms. The highest BCUT2D eigenvalue weighted by molar-refractivity contribution is 5.85. The number of amides is 1. The van der Waals surface area contributed by atoms with E-state index in [2.05, 4.69) is 17.2 Å². The molecule has 0 radical (unpaired) electrons. The smallest absolute Gasteiger partial charge is 0.244 e. The van der Waals surface area contributed by atoms with Gasteiger partial charge in [0.05, 0.1) is 0 Å². The summed E-state index contributed by atoms with van der Waals surface area (Å²) in [6.07, 6.45) is 2.20. The fourth-order valence-electron chi connectivity index (χ4n) is 2.95. The van der Waals surface area contributed by atoms with Crippen molar-refractivity contribution in [3.63, 3.8) is 0 Å². The maximum atomic E-state index is 12.5. The molecule has 1 aliphatic heterocycles. The number of hydrogen-bond acceptors (Lipinski definition) is 4. The van der Waals surface area contributed by atoms with E-state index in [9.17, 15) is 4.79 Å². The van der Waals surface area contributed by atoms with Crippen molar-refractivity contribution in [3.8, 4) is 0 Å². The van der Waals surface area contributed by atoms with Gasteiger partial charge < -0.3 is 14.6 Å². The zero-order valence-electron chi connectivity index (χ0n) is 13.4. The molecule has 22 heavy (non-hydrogen) atoms. The van der Waals surface area contributed by atoms with Crippen molar-refractivity contribution in [1.82, 2.24) is 9.88 Å². The van der Waals surface area contributed by atoms with E-state index >= 15 is 0 Å². The van der Waals surface area contributed by atoms with Gasteiger partial charge in [0.25, 0.3) is 0 Å². The number of hydrogen-bond donors (Lipinski definition) is 1. The zero-order chi connectivity index (χ0) is 15.7. The van der Waals surface area contributed by atoms with Crippen molar-refractivity contribution in [2.75, 3.05) is 18.4 Å². The minimum atomic E-state index is -0.237. The number of aromatic nitrogens is 1. The average Bonchev–Trinajstić information content (AvgIpc) is 2.86. The zero-order valence-corrected chi connectivity index (χ0v) is 13.4. The van der Waals surface area contributed by atoms with Crippen molar-refractivity contribution < 1.29 is 9.21 Å². The normalized spacial score (nSPS) is 17.7. The van der Waals surface area contributed by atoms with Gasteiger partial charge in [-0.05, 0) is 43.9 Å². The number of piperidine rings is 1. The van der Waals surface area contributed by atoms with Gasteiger partial charge >= 0.3 is 0 Å². The molecule has 0 aliphatic carbocycles. The molecule has 1 aromatic heterocycles. The molecule has 0 unspecified atom stereocenters. The van der Waals surface area contributed by atoms with Crippen LogP contribution in [0, 0.1) is 12.8 Å². The number of aryl methyl sites for hydroxylation is 1. The molecule has 1 aromatic carbocycles. The second-order valence-electron chi connectivity index (χ2n) is 6.29. The number of rotatable bonds is 3. The number of benzene rings is 1. The first-order chi connectivity index (χ1) is 10.5. The molecule has 1 saturated heterocycles. The van der Waals surface area contributed by atoms with Gasteiger partial charge in [-0.1, -0.05) is 6.92 Å². The Labute approximate surface area is 130 Å². The third-order valence-electron chi connectivity index (χ3n) is 4.34. The Kier molecular flexibility index (Phi) is 4.05. The van der Waals surface area contributed by atoms with Crippen LogP contribution in [0.1, 0.15) is 32.6 Å². The Morgan fingerprint density at radius 1 is 1.41 bits per heavy atom. The Hall–Kier alpha value is -2.04. The maximum absolute atomic E-state index is 12.5. The van der Waals surface area contributed by atoms with Crippen LogP contribution in [-0.4, -0.2) is 34.9 Å². The third-order valence-corrected chi connectivity index (χ3v) is 4.34. The van der Waals surface area contributed by atoms with E-state index in [-0.39, 0.29) is 11.9 Å². The van der Waals surface area contributed by atoms with Crippen molar-refractivity contribution >= 4 is 22.7 Å². The molecule has 1 fully saturated rings. The molecule has 1 amide bonds. The molecule has 0 saturated carbocycles. The fraction of sp³-hybridized carbons (Fsp3) is 0.529. The maximum Gasteiger partial charge on any atom is 0.244 e. The average molecular weight is 301 g/mol. The molecule has 3 rings (SSSR count). The van der Waals surface area contributed by atoms with E-state index in [1.54, 1.807) is 0 Å². The number of anilines is 1. The molecule has 2 aromatic rings. The number of fused-ring (bicyclic) bond motifs is 1. The first kappa shape index (κ1) is 14.9. The van der Waals surface area contributed by atoms with E-state index in [4.69, 9.17) is 4.42 Å². The number of carbonyl (C=O) groups is 1. The standard InChI is InChI=1S/C17H23N3O2/c1-11-6-8-20(9-7-11)17(21)12(2)18-14-4-5-16-15(10-14)19-13(3)22-16/h4-5,10-12,18H,6-9H2,1-3H3/t12-/m0/s1. The van der Waals surface area contributed by atoms with Gasteiger partial charge in [-0.15, -0.1) is 0 Å². The summed E-state index contributed by atoms with van der Waals surface area (Å²) in [5, 5.41) is 3.28. The van der Waals surface area contributed by atoms with Gasteiger partial charge in [0, 0.05) is 25.7 Å². The lowest BCUT2D eigenvalue weighted by molar-refractivity contribution is -0.132. The molecule has 1 atom stereocenters. The van der Waals surface area contributed by atoms with Crippen LogP contribution < -0.4 is 5.32 Å². The van der Waals surface area contributed by atoms with E-state index in [1.165, 1.54) is 0 Å². The minimum Gasteiger partial charge on any atom is -0.441 e. The lowest BCUT2D eigenvalue weighted by Gasteiger charge is -2.32. The predicted octanol–water partition coefficient (Wildman–Crippen LogP) is 3.20. The van der Waals surface area contributed by atoms with Gasteiger partial charge in [-0.3, -0.25) is 4.79 Å². The summed E-state index contributed by atoms with van der Waals surface area (Å²) >= 11 is 0. The van der Waals surface area contributed by atoms with Gasteiger partial charge in [0.2, 0.25) is 5.91 Å². The van der Waals surface area contributed by atoms with Gasteiger partial charge in [-0.2, -0.15) is 0 Å². The second-order valence-corrected chi connectivity index (χ2v) is 6.29. The summed E-state index contributed by atoms with van der Waals surface area (Å²) in [4.78, 5) is 18.8.